The van der Waals surface area contributed by atoms with Crippen LogP contribution in [0, 0.1) is 5.92 Å². The quantitative estimate of drug-likeness (QED) is 0.806. The zero-order valence-electron chi connectivity index (χ0n) is 12.1. The van der Waals surface area contributed by atoms with Crippen LogP contribution in [0.25, 0.3) is 0 Å². The average molecular weight is 389 g/mol. The molecule has 0 radical (unpaired) electrons. The third-order valence-corrected chi connectivity index (χ3v) is 5.03. The molecule has 2 rings (SSSR count). The predicted molar refractivity (Wildman–Crippen MR) is 89.0 cm³/mol. The topological polar surface area (TPSA) is 66.4 Å². The molecule has 0 bridgehead atoms. The number of aliphatic carboxylic acids is 1. The molecule has 22 heavy (non-hydrogen) atoms. The molecule has 0 saturated heterocycles. The van der Waals surface area contributed by atoms with E-state index in [1.165, 1.54) is 0 Å². The van der Waals surface area contributed by atoms with Crippen molar-refractivity contribution >= 4 is 39.4 Å². The van der Waals surface area contributed by atoms with Crippen LogP contribution < -0.4 is 5.32 Å². The number of nitrogens with one attached hydrogen (secondary N) is 1. The van der Waals surface area contributed by atoms with Crippen LogP contribution in [0.15, 0.2) is 22.7 Å². The maximum atomic E-state index is 12.2. The number of rotatable bonds is 5. The zero-order chi connectivity index (χ0) is 16.1. The first-order chi connectivity index (χ1) is 10.5. The Morgan fingerprint density at radius 1 is 1.32 bits per heavy atom. The van der Waals surface area contributed by atoms with E-state index in [1.807, 2.05) is 0 Å². The first-order valence-electron chi connectivity index (χ1n) is 7.44. The van der Waals surface area contributed by atoms with Crippen LogP contribution in [0.1, 0.15) is 37.7 Å². The van der Waals surface area contributed by atoms with E-state index < -0.39 is 12.0 Å². The fraction of sp³-hybridized carbons (Fsp3) is 0.500. The second kappa shape index (κ2) is 7.97. The van der Waals surface area contributed by atoms with E-state index in [0.29, 0.717) is 5.02 Å². The number of amides is 1. The SMILES string of the molecule is O=C(N[C@@H](Cc1cc(Cl)ccc1Br)C(=O)O)C1CCCCC1. The molecule has 2 N–H and O–H groups in total. The molecule has 120 valence electrons. The standard InChI is InChI=1S/C16H19BrClNO3/c17-13-7-6-12(18)8-11(13)9-14(16(21)22)19-15(20)10-4-2-1-3-5-10/h6-8,10,14H,1-5,9H2,(H,19,20)(H,21,22)/t14-/m0/s1. The van der Waals surface area contributed by atoms with Gasteiger partial charge in [-0.05, 0) is 36.6 Å². The Morgan fingerprint density at radius 3 is 2.64 bits per heavy atom. The highest BCUT2D eigenvalue weighted by Crippen LogP contribution is 2.25. The fourth-order valence-electron chi connectivity index (χ4n) is 2.77. The predicted octanol–water partition coefficient (Wildman–Crippen LogP) is 3.79. The van der Waals surface area contributed by atoms with Crippen molar-refractivity contribution in [1.29, 1.82) is 0 Å². The first kappa shape index (κ1) is 17.3. The number of carbonyl (C=O) groups is 2. The average Bonchev–Trinajstić information content (AvgIpc) is 2.50. The van der Waals surface area contributed by atoms with Crippen molar-refractivity contribution < 1.29 is 14.7 Å². The van der Waals surface area contributed by atoms with Gasteiger partial charge in [-0.3, -0.25) is 4.79 Å². The van der Waals surface area contributed by atoms with Gasteiger partial charge in [0, 0.05) is 21.8 Å². The minimum absolute atomic E-state index is 0.0570. The third kappa shape index (κ3) is 4.71. The molecule has 0 spiro atoms. The lowest BCUT2D eigenvalue weighted by Gasteiger charge is -2.23. The van der Waals surface area contributed by atoms with Crippen LogP contribution in [-0.2, 0) is 16.0 Å². The van der Waals surface area contributed by atoms with Gasteiger partial charge in [0.25, 0.3) is 0 Å². The van der Waals surface area contributed by atoms with Gasteiger partial charge in [-0.2, -0.15) is 0 Å². The second-order valence-corrected chi connectivity index (χ2v) is 6.96. The lowest BCUT2D eigenvalue weighted by Crippen LogP contribution is -2.45. The number of benzene rings is 1. The third-order valence-electron chi connectivity index (χ3n) is 4.02. The van der Waals surface area contributed by atoms with Gasteiger partial charge in [0.05, 0.1) is 0 Å². The molecule has 4 nitrogen and oxygen atoms in total. The van der Waals surface area contributed by atoms with Crippen LogP contribution in [0.4, 0.5) is 0 Å². The summed E-state index contributed by atoms with van der Waals surface area (Å²) in [4.78, 5) is 23.7. The fourth-order valence-corrected chi connectivity index (χ4v) is 3.38. The van der Waals surface area contributed by atoms with E-state index in [9.17, 15) is 14.7 Å². The molecule has 0 unspecified atom stereocenters. The summed E-state index contributed by atoms with van der Waals surface area (Å²) in [5, 5.41) is 12.6. The van der Waals surface area contributed by atoms with Gasteiger partial charge < -0.3 is 10.4 Å². The summed E-state index contributed by atoms with van der Waals surface area (Å²) >= 11 is 9.34. The van der Waals surface area contributed by atoms with E-state index in [-0.39, 0.29) is 18.2 Å². The minimum Gasteiger partial charge on any atom is -0.480 e. The highest BCUT2D eigenvalue weighted by atomic mass is 79.9. The summed E-state index contributed by atoms with van der Waals surface area (Å²) in [5.41, 5.74) is 0.767. The summed E-state index contributed by atoms with van der Waals surface area (Å²) in [5.74, 6) is -1.24. The van der Waals surface area contributed by atoms with E-state index in [0.717, 1.165) is 42.1 Å². The lowest BCUT2D eigenvalue weighted by atomic mass is 9.88. The molecule has 1 aliphatic rings. The Kier molecular flexibility index (Phi) is 6.26. The van der Waals surface area contributed by atoms with Crippen LogP contribution in [0.2, 0.25) is 5.02 Å². The number of hydrogen-bond donors (Lipinski definition) is 2. The smallest absolute Gasteiger partial charge is 0.326 e. The molecule has 0 aromatic heterocycles. The van der Waals surface area contributed by atoms with Crippen LogP contribution >= 0.6 is 27.5 Å². The van der Waals surface area contributed by atoms with E-state index in [4.69, 9.17) is 11.6 Å². The maximum absolute atomic E-state index is 12.2. The van der Waals surface area contributed by atoms with Gasteiger partial charge in [-0.1, -0.05) is 46.8 Å². The highest BCUT2D eigenvalue weighted by Gasteiger charge is 2.27. The first-order valence-corrected chi connectivity index (χ1v) is 8.61. The molecular formula is C16H19BrClNO3. The van der Waals surface area contributed by atoms with Gasteiger partial charge in [-0.25, -0.2) is 4.79 Å². The van der Waals surface area contributed by atoms with Crippen LogP contribution in [0.5, 0.6) is 0 Å². The molecule has 1 fully saturated rings. The molecule has 0 aliphatic heterocycles. The molecule has 0 heterocycles. The zero-order valence-corrected chi connectivity index (χ0v) is 14.5. The molecule has 1 aromatic carbocycles. The molecule has 1 amide bonds. The molecule has 6 heteroatoms. The van der Waals surface area contributed by atoms with Gasteiger partial charge >= 0.3 is 5.97 Å². The van der Waals surface area contributed by atoms with Crippen molar-refractivity contribution in [3.8, 4) is 0 Å². The largest absolute Gasteiger partial charge is 0.480 e. The summed E-state index contributed by atoms with van der Waals surface area (Å²) in [6.45, 7) is 0. The molecular weight excluding hydrogens is 370 g/mol. The van der Waals surface area contributed by atoms with Gasteiger partial charge in [-0.15, -0.1) is 0 Å². The Bertz CT molecular complexity index is 558. The maximum Gasteiger partial charge on any atom is 0.326 e. The summed E-state index contributed by atoms with van der Waals surface area (Å²) in [6, 6.07) is 4.28. The number of carboxylic acids is 1. The summed E-state index contributed by atoms with van der Waals surface area (Å²) in [6.07, 6.45) is 5.12. The molecule has 1 aromatic rings. The summed E-state index contributed by atoms with van der Waals surface area (Å²) < 4.78 is 0.787. The number of hydrogen-bond acceptors (Lipinski definition) is 2. The lowest BCUT2D eigenvalue weighted by molar-refractivity contribution is -0.142. The Balaban J connectivity index is 2.04. The van der Waals surface area contributed by atoms with Gasteiger partial charge in [0.2, 0.25) is 5.91 Å². The van der Waals surface area contributed by atoms with Crippen molar-refractivity contribution in [2.24, 2.45) is 5.92 Å². The highest BCUT2D eigenvalue weighted by molar-refractivity contribution is 9.10. The number of carbonyl (C=O) groups excluding carboxylic acids is 1. The van der Waals surface area contributed by atoms with Crippen molar-refractivity contribution in [2.45, 2.75) is 44.6 Å². The monoisotopic (exact) mass is 387 g/mol. The van der Waals surface area contributed by atoms with Crippen LogP contribution in [0.3, 0.4) is 0 Å². The second-order valence-electron chi connectivity index (χ2n) is 5.67. The van der Waals surface area contributed by atoms with E-state index in [2.05, 4.69) is 21.2 Å². The normalized spacial score (nSPS) is 17.0. The van der Waals surface area contributed by atoms with E-state index in [1.54, 1.807) is 18.2 Å². The Morgan fingerprint density at radius 2 is 2.00 bits per heavy atom. The van der Waals surface area contributed by atoms with Crippen LogP contribution in [-0.4, -0.2) is 23.0 Å². The minimum atomic E-state index is -1.03. The van der Waals surface area contributed by atoms with Gasteiger partial charge in [0.1, 0.15) is 6.04 Å². The summed E-state index contributed by atoms with van der Waals surface area (Å²) in [7, 11) is 0. The van der Waals surface area contributed by atoms with Gasteiger partial charge in [0.15, 0.2) is 0 Å². The molecule has 1 saturated carbocycles. The van der Waals surface area contributed by atoms with E-state index >= 15 is 0 Å². The number of halogens is 2. The molecule has 1 aliphatic carbocycles. The van der Waals surface area contributed by atoms with Crippen molar-refractivity contribution in [3.63, 3.8) is 0 Å². The van der Waals surface area contributed by atoms with Crippen molar-refractivity contribution in [3.05, 3.63) is 33.3 Å². The molecule has 1 atom stereocenters. The Hall–Kier alpha value is -1.07. The van der Waals surface area contributed by atoms with Crippen molar-refractivity contribution in [1.82, 2.24) is 5.32 Å². The van der Waals surface area contributed by atoms with Crippen molar-refractivity contribution in [2.75, 3.05) is 0 Å². The Labute approximate surface area is 143 Å². The number of carboxylic acid groups (broad SMARTS) is 1.